The highest BCUT2D eigenvalue weighted by Gasteiger charge is 2.24. The number of para-hydroxylation sites is 1. The molecule has 0 bridgehead atoms. The molecule has 3 rings (SSSR count). The van der Waals surface area contributed by atoms with E-state index in [9.17, 15) is 4.79 Å². The molecule has 0 saturated carbocycles. The summed E-state index contributed by atoms with van der Waals surface area (Å²) < 4.78 is 1.85. The van der Waals surface area contributed by atoms with E-state index in [0.29, 0.717) is 6.54 Å². The van der Waals surface area contributed by atoms with Gasteiger partial charge in [-0.2, -0.15) is 5.10 Å². The summed E-state index contributed by atoms with van der Waals surface area (Å²) in [6.45, 7) is 2.27. The molecule has 6 heteroatoms. The molecule has 0 unspecified atom stereocenters. The number of benzene rings is 1. The van der Waals surface area contributed by atoms with Gasteiger partial charge >= 0.3 is 0 Å². The Kier molecular flexibility index (Phi) is 5.36. The number of aromatic nitrogens is 2. The molecule has 1 fully saturated rings. The van der Waals surface area contributed by atoms with Crippen molar-refractivity contribution in [3.05, 3.63) is 48.3 Å². The van der Waals surface area contributed by atoms with Crippen LogP contribution in [0.2, 0.25) is 0 Å². The fourth-order valence-corrected chi connectivity index (χ4v) is 2.16. The standard InChI is InChI=1S/C15H18N4O.ClH/c20-15(13-9-16-10-13)17-7-6-12-8-18-19(11-12)14-4-2-1-3-5-14;/h1-5,8,11,13,16H,6-7,9-10H2,(H,17,20);1H. The smallest absolute Gasteiger partial charge is 0.225 e. The number of carbonyl (C=O) groups excluding carboxylic acids is 1. The van der Waals surface area contributed by atoms with Crippen LogP contribution in [0.25, 0.3) is 5.69 Å². The molecule has 0 spiro atoms. The second-order valence-corrected chi connectivity index (χ2v) is 5.02. The van der Waals surface area contributed by atoms with Crippen molar-refractivity contribution in [1.29, 1.82) is 0 Å². The van der Waals surface area contributed by atoms with Crippen LogP contribution in [0.4, 0.5) is 0 Å². The summed E-state index contributed by atoms with van der Waals surface area (Å²) in [5.41, 5.74) is 2.17. The van der Waals surface area contributed by atoms with E-state index in [1.807, 2.05) is 47.4 Å². The minimum atomic E-state index is 0. The lowest BCUT2D eigenvalue weighted by atomic mass is 10.0. The van der Waals surface area contributed by atoms with Crippen molar-refractivity contribution in [3.63, 3.8) is 0 Å². The summed E-state index contributed by atoms with van der Waals surface area (Å²) in [7, 11) is 0. The Morgan fingerprint density at radius 2 is 2.10 bits per heavy atom. The first-order valence-corrected chi connectivity index (χ1v) is 6.90. The molecule has 1 aliphatic rings. The van der Waals surface area contributed by atoms with Crippen LogP contribution in [0.3, 0.4) is 0 Å². The van der Waals surface area contributed by atoms with Crippen molar-refractivity contribution in [2.75, 3.05) is 19.6 Å². The zero-order valence-electron chi connectivity index (χ0n) is 11.7. The number of hydrogen-bond acceptors (Lipinski definition) is 3. The van der Waals surface area contributed by atoms with Gasteiger partial charge in [0, 0.05) is 25.8 Å². The van der Waals surface area contributed by atoms with Crippen molar-refractivity contribution in [3.8, 4) is 5.69 Å². The zero-order valence-corrected chi connectivity index (χ0v) is 12.5. The normalized spacial score (nSPS) is 14.1. The SMILES string of the molecule is Cl.O=C(NCCc1cnn(-c2ccccc2)c1)C1CNC1. The largest absolute Gasteiger partial charge is 0.355 e. The third-order valence-electron chi connectivity index (χ3n) is 3.52. The number of nitrogens with zero attached hydrogens (tertiary/aromatic N) is 2. The van der Waals surface area contributed by atoms with Gasteiger partial charge in [0.05, 0.1) is 17.8 Å². The number of halogens is 1. The number of rotatable bonds is 5. The van der Waals surface area contributed by atoms with E-state index < -0.39 is 0 Å². The molecule has 1 aromatic carbocycles. The van der Waals surface area contributed by atoms with Crippen molar-refractivity contribution < 1.29 is 4.79 Å². The highest BCUT2D eigenvalue weighted by atomic mass is 35.5. The number of nitrogens with one attached hydrogen (secondary N) is 2. The Labute approximate surface area is 130 Å². The first kappa shape index (κ1) is 15.5. The quantitative estimate of drug-likeness (QED) is 0.872. The molecule has 0 aliphatic carbocycles. The van der Waals surface area contributed by atoms with E-state index in [0.717, 1.165) is 30.8 Å². The molecule has 2 heterocycles. The van der Waals surface area contributed by atoms with Gasteiger partial charge in [-0.25, -0.2) is 4.68 Å². The van der Waals surface area contributed by atoms with Gasteiger partial charge in [0.25, 0.3) is 0 Å². The van der Waals surface area contributed by atoms with Gasteiger partial charge in [-0.05, 0) is 24.1 Å². The monoisotopic (exact) mass is 306 g/mol. The fourth-order valence-electron chi connectivity index (χ4n) is 2.16. The molecule has 1 aliphatic heterocycles. The summed E-state index contributed by atoms with van der Waals surface area (Å²) in [6.07, 6.45) is 4.66. The van der Waals surface area contributed by atoms with Crippen molar-refractivity contribution in [2.45, 2.75) is 6.42 Å². The van der Waals surface area contributed by atoms with Crippen LogP contribution in [0.1, 0.15) is 5.56 Å². The predicted molar refractivity (Wildman–Crippen MR) is 83.9 cm³/mol. The molecule has 5 nitrogen and oxygen atoms in total. The highest BCUT2D eigenvalue weighted by Crippen LogP contribution is 2.08. The van der Waals surface area contributed by atoms with Crippen molar-refractivity contribution in [2.24, 2.45) is 5.92 Å². The maximum atomic E-state index is 11.7. The van der Waals surface area contributed by atoms with E-state index in [1.54, 1.807) is 0 Å². The van der Waals surface area contributed by atoms with Gasteiger partial charge in [-0.1, -0.05) is 18.2 Å². The topological polar surface area (TPSA) is 59.0 Å². The second-order valence-electron chi connectivity index (χ2n) is 5.02. The molecule has 0 atom stereocenters. The van der Waals surface area contributed by atoms with E-state index in [1.165, 1.54) is 0 Å². The summed E-state index contributed by atoms with van der Waals surface area (Å²) in [6, 6.07) is 10.00. The Bertz CT molecular complexity index is 580. The van der Waals surface area contributed by atoms with Crippen molar-refractivity contribution in [1.82, 2.24) is 20.4 Å². The molecule has 1 aromatic heterocycles. The lowest BCUT2D eigenvalue weighted by molar-refractivity contribution is -0.126. The van der Waals surface area contributed by atoms with Crippen LogP contribution in [0.15, 0.2) is 42.7 Å². The molecular formula is C15H19ClN4O. The average molecular weight is 307 g/mol. The molecule has 2 aromatic rings. The maximum Gasteiger partial charge on any atom is 0.225 e. The van der Waals surface area contributed by atoms with E-state index >= 15 is 0 Å². The molecule has 1 saturated heterocycles. The van der Waals surface area contributed by atoms with Crippen LogP contribution >= 0.6 is 12.4 Å². The van der Waals surface area contributed by atoms with Crippen LogP contribution in [0, 0.1) is 5.92 Å². The van der Waals surface area contributed by atoms with Crippen LogP contribution in [-0.2, 0) is 11.2 Å². The van der Waals surface area contributed by atoms with Gasteiger partial charge in [0.15, 0.2) is 0 Å². The van der Waals surface area contributed by atoms with Gasteiger partial charge in [0.2, 0.25) is 5.91 Å². The summed E-state index contributed by atoms with van der Waals surface area (Å²) in [5, 5.41) is 10.4. The van der Waals surface area contributed by atoms with E-state index in [-0.39, 0.29) is 24.2 Å². The first-order chi connectivity index (χ1) is 9.83. The number of amides is 1. The summed E-state index contributed by atoms with van der Waals surface area (Å²) >= 11 is 0. The second kappa shape index (κ2) is 7.24. The Balaban J connectivity index is 0.00000161. The minimum Gasteiger partial charge on any atom is -0.355 e. The maximum absolute atomic E-state index is 11.7. The number of hydrogen-bond donors (Lipinski definition) is 2. The summed E-state index contributed by atoms with van der Waals surface area (Å²) in [4.78, 5) is 11.7. The first-order valence-electron chi connectivity index (χ1n) is 6.90. The van der Waals surface area contributed by atoms with Gasteiger partial charge in [-0.15, -0.1) is 12.4 Å². The molecule has 2 N–H and O–H groups in total. The van der Waals surface area contributed by atoms with E-state index in [4.69, 9.17) is 0 Å². The predicted octanol–water partition coefficient (Wildman–Crippen LogP) is 1.17. The highest BCUT2D eigenvalue weighted by molar-refractivity contribution is 5.85. The lowest BCUT2D eigenvalue weighted by Crippen LogP contribution is -2.51. The summed E-state index contributed by atoms with van der Waals surface area (Å²) in [5.74, 6) is 0.307. The lowest BCUT2D eigenvalue weighted by Gasteiger charge is -2.25. The van der Waals surface area contributed by atoms with Crippen molar-refractivity contribution >= 4 is 18.3 Å². The third kappa shape index (κ3) is 3.83. The Morgan fingerprint density at radius 1 is 1.33 bits per heavy atom. The molecule has 1 amide bonds. The van der Waals surface area contributed by atoms with Gasteiger partial charge < -0.3 is 10.6 Å². The van der Waals surface area contributed by atoms with E-state index in [2.05, 4.69) is 15.7 Å². The van der Waals surface area contributed by atoms with Crippen LogP contribution < -0.4 is 10.6 Å². The molecule has 112 valence electrons. The average Bonchev–Trinajstić information content (AvgIpc) is 2.86. The molecular weight excluding hydrogens is 288 g/mol. The third-order valence-corrected chi connectivity index (χ3v) is 3.52. The zero-order chi connectivity index (χ0) is 13.8. The Morgan fingerprint density at radius 3 is 2.76 bits per heavy atom. The molecule has 0 radical (unpaired) electrons. The fraction of sp³-hybridized carbons (Fsp3) is 0.333. The van der Waals surface area contributed by atoms with Gasteiger partial charge in [0.1, 0.15) is 0 Å². The van der Waals surface area contributed by atoms with Crippen LogP contribution in [0.5, 0.6) is 0 Å². The molecule has 21 heavy (non-hydrogen) atoms. The van der Waals surface area contributed by atoms with Crippen LogP contribution in [-0.4, -0.2) is 35.3 Å². The van der Waals surface area contributed by atoms with Gasteiger partial charge in [-0.3, -0.25) is 4.79 Å². The number of carbonyl (C=O) groups is 1. The minimum absolute atomic E-state index is 0. The Hall–Kier alpha value is -1.85.